The second kappa shape index (κ2) is 6.05. The summed E-state index contributed by atoms with van der Waals surface area (Å²) in [7, 11) is 0. The smallest absolute Gasteiger partial charge is 0.142 e. The first-order valence-corrected chi connectivity index (χ1v) is 8.34. The number of hydrogen-bond donors (Lipinski definition) is 0. The van der Waals surface area contributed by atoms with E-state index in [0.29, 0.717) is 16.3 Å². The Balaban J connectivity index is 2.02. The lowest BCUT2D eigenvalue weighted by Gasteiger charge is -2.02. The van der Waals surface area contributed by atoms with E-state index in [-0.39, 0.29) is 5.02 Å². The third-order valence-electron chi connectivity index (χ3n) is 2.88. The number of halogens is 4. The van der Waals surface area contributed by atoms with E-state index in [4.69, 9.17) is 23.2 Å². The molecular weight excluding hydrogens is 396 g/mol. The molecule has 0 N–H and O–H groups in total. The van der Waals surface area contributed by atoms with Crippen LogP contribution in [0.1, 0.15) is 0 Å². The Morgan fingerprint density at radius 1 is 1.05 bits per heavy atom. The Bertz CT molecular complexity index is 802. The maximum Gasteiger partial charge on any atom is 0.142 e. The summed E-state index contributed by atoms with van der Waals surface area (Å²) in [4.78, 5) is 4.52. The van der Waals surface area contributed by atoms with Crippen LogP contribution in [0.2, 0.25) is 10.0 Å². The molecule has 106 valence electrons. The van der Waals surface area contributed by atoms with Gasteiger partial charge < -0.3 is 0 Å². The molecule has 0 fully saturated rings. The summed E-state index contributed by atoms with van der Waals surface area (Å²) < 4.78 is 14.6. The number of benzene rings is 2. The van der Waals surface area contributed by atoms with E-state index in [0.717, 1.165) is 15.0 Å². The molecule has 21 heavy (non-hydrogen) atoms. The third-order valence-corrected chi connectivity index (χ3v) is 4.90. The van der Waals surface area contributed by atoms with Crippen molar-refractivity contribution in [2.24, 2.45) is 0 Å². The molecule has 6 heteroatoms. The highest BCUT2D eigenvalue weighted by atomic mass is 79.9. The highest BCUT2D eigenvalue weighted by Crippen LogP contribution is 2.35. The van der Waals surface area contributed by atoms with Crippen molar-refractivity contribution in [2.45, 2.75) is 0 Å². The van der Waals surface area contributed by atoms with Gasteiger partial charge in [-0.1, -0.05) is 51.3 Å². The molecule has 0 bridgehead atoms. The molecule has 0 unspecified atom stereocenters. The van der Waals surface area contributed by atoms with Gasteiger partial charge in [-0.2, -0.15) is 0 Å². The molecular formula is C15H7BrCl2FNS. The monoisotopic (exact) mass is 401 g/mol. The Kier molecular flexibility index (Phi) is 4.31. The van der Waals surface area contributed by atoms with Gasteiger partial charge in [-0.3, -0.25) is 0 Å². The van der Waals surface area contributed by atoms with Crippen molar-refractivity contribution in [1.82, 2.24) is 4.98 Å². The molecule has 3 aromatic rings. The van der Waals surface area contributed by atoms with Gasteiger partial charge in [0.05, 0.1) is 15.7 Å². The van der Waals surface area contributed by atoms with Gasteiger partial charge in [-0.15, -0.1) is 11.3 Å². The molecule has 2 aromatic carbocycles. The zero-order valence-electron chi connectivity index (χ0n) is 10.4. The van der Waals surface area contributed by atoms with Crippen LogP contribution in [0, 0.1) is 5.82 Å². The normalized spacial score (nSPS) is 10.9. The van der Waals surface area contributed by atoms with Gasteiger partial charge in [0.1, 0.15) is 10.8 Å². The van der Waals surface area contributed by atoms with Crippen LogP contribution in [0.25, 0.3) is 21.8 Å². The summed E-state index contributed by atoms with van der Waals surface area (Å²) in [6, 6.07) is 10.5. The summed E-state index contributed by atoms with van der Waals surface area (Å²) in [5.74, 6) is -0.505. The quantitative estimate of drug-likeness (QED) is 0.435. The third kappa shape index (κ3) is 3.14. The Hall–Kier alpha value is -0.940. The SMILES string of the molecule is Fc1cc(-c2csc(-c3ccc(Br)cc3)n2)c(Cl)cc1Cl. The van der Waals surface area contributed by atoms with Crippen molar-refractivity contribution in [3.05, 3.63) is 62.1 Å². The van der Waals surface area contributed by atoms with Crippen molar-refractivity contribution >= 4 is 50.5 Å². The number of rotatable bonds is 2. The largest absolute Gasteiger partial charge is 0.236 e. The van der Waals surface area contributed by atoms with Crippen molar-refractivity contribution < 1.29 is 4.39 Å². The van der Waals surface area contributed by atoms with E-state index in [1.807, 2.05) is 29.6 Å². The molecule has 3 rings (SSSR count). The summed E-state index contributed by atoms with van der Waals surface area (Å²) in [5, 5.41) is 3.09. The van der Waals surface area contributed by atoms with Gasteiger partial charge in [0.25, 0.3) is 0 Å². The molecule has 0 aliphatic heterocycles. The lowest BCUT2D eigenvalue weighted by atomic mass is 10.1. The molecule has 0 spiro atoms. The van der Waals surface area contributed by atoms with Crippen LogP contribution in [-0.4, -0.2) is 4.98 Å². The van der Waals surface area contributed by atoms with Crippen LogP contribution in [0.3, 0.4) is 0 Å². The van der Waals surface area contributed by atoms with Gasteiger partial charge in [-0.05, 0) is 24.3 Å². The highest BCUT2D eigenvalue weighted by molar-refractivity contribution is 9.10. The maximum absolute atomic E-state index is 13.6. The lowest BCUT2D eigenvalue weighted by Crippen LogP contribution is -1.85. The predicted molar refractivity (Wildman–Crippen MR) is 90.7 cm³/mol. The minimum Gasteiger partial charge on any atom is -0.236 e. The van der Waals surface area contributed by atoms with Crippen molar-refractivity contribution in [1.29, 1.82) is 0 Å². The number of aromatic nitrogens is 1. The Labute approximate surface area is 143 Å². The van der Waals surface area contributed by atoms with Crippen molar-refractivity contribution in [3.8, 4) is 21.8 Å². The predicted octanol–water partition coefficient (Wildman–Crippen LogP) is 6.69. The molecule has 0 amide bonds. The number of nitrogens with zero attached hydrogens (tertiary/aromatic N) is 1. The van der Waals surface area contributed by atoms with Crippen LogP contribution in [0.4, 0.5) is 4.39 Å². The fourth-order valence-electron chi connectivity index (χ4n) is 1.84. The van der Waals surface area contributed by atoms with Gasteiger partial charge in [-0.25, -0.2) is 9.37 Å². The average molecular weight is 403 g/mol. The van der Waals surface area contributed by atoms with E-state index in [1.165, 1.54) is 23.5 Å². The van der Waals surface area contributed by atoms with Crippen molar-refractivity contribution in [3.63, 3.8) is 0 Å². The molecule has 1 aromatic heterocycles. The van der Waals surface area contributed by atoms with E-state index >= 15 is 0 Å². The molecule has 1 heterocycles. The van der Waals surface area contributed by atoms with Gasteiger partial charge >= 0.3 is 0 Å². The standard InChI is InChI=1S/C15H7BrCl2FNS/c16-9-3-1-8(2-4-9)15-20-14(7-21-15)10-5-13(19)12(18)6-11(10)17/h1-7H. The molecule has 1 nitrogen and oxygen atoms in total. The zero-order valence-corrected chi connectivity index (χ0v) is 14.3. The Morgan fingerprint density at radius 2 is 1.76 bits per heavy atom. The highest BCUT2D eigenvalue weighted by Gasteiger charge is 2.13. The lowest BCUT2D eigenvalue weighted by molar-refractivity contribution is 0.629. The minimum absolute atomic E-state index is 0.00659. The van der Waals surface area contributed by atoms with Gasteiger partial charge in [0, 0.05) is 21.0 Å². The Morgan fingerprint density at radius 3 is 2.48 bits per heavy atom. The van der Waals surface area contributed by atoms with E-state index < -0.39 is 5.82 Å². The topological polar surface area (TPSA) is 12.9 Å². The van der Waals surface area contributed by atoms with Crippen LogP contribution >= 0.6 is 50.5 Å². The van der Waals surface area contributed by atoms with E-state index in [1.54, 1.807) is 0 Å². The van der Waals surface area contributed by atoms with Gasteiger partial charge in [0.2, 0.25) is 0 Å². The van der Waals surface area contributed by atoms with Crippen LogP contribution in [0.15, 0.2) is 46.3 Å². The summed E-state index contributed by atoms with van der Waals surface area (Å²) in [5.41, 5.74) is 2.18. The van der Waals surface area contributed by atoms with Crippen LogP contribution in [-0.2, 0) is 0 Å². The molecule has 0 saturated heterocycles. The molecule has 0 atom stereocenters. The first-order valence-electron chi connectivity index (χ1n) is 5.91. The maximum atomic E-state index is 13.6. The minimum atomic E-state index is -0.505. The molecule has 0 radical (unpaired) electrons. The zero-order chi connectivity index (χ0) is 15.0. The number of hydrogen-bond acceptors (Lipinski definition) is 2. The van der Waals surface area contributed by atoms with Crippen molar-refractivity contribution in [2.75, 3.05) is 0 Å². The molecule has 0 aliphatic carbocycles. The first kappa shape index (κ1) is 15.0. The molecule has 0 saturated carbocycles. The second-order valence-electron chi connectivity index (χ2n) is 4.29. The number of thiazole rings is 1. The second-order valence-corrected chi connectivity index (χ2v) is 6.88. The fourth-order valence-corrected chi connectivity index (χ4v) is 3.41. The summed E-state index contributed by atoms with van der Waals surface area (Å²) >= 11 is 16.7. The average Bonchev–Trinajstić information content (AvgIpc) is 2.93. The van der Waals surface area contributed by atoms with E-state index in [2.05, 4.69) is 20.9 Å². The van der Waals surface area contributed by atoms with Gasteiger partial charge in [0.15, 0.2) is 0 Å². The summed E-state index contributed by atoms with van der Waals surface area (Å²) in [6.45, 7) is 0. The van der Waals surface area contributed by atoms with Crippen LogP contribution in [0.5, 0.6) is 0 Å². The summed E-state index contributed by atoms with van der Waals surface area (Å²) in [6.07, 6.45) is 0. The fraction of sp³-hybridized carbons (Fsp3) is 0. The molecule has 0 aliphatic rings. The first-order chi connectivity index (χ1) is 10.0. The van der Waals surface area contributed by atoms with E-state index in [9.17, 15) is 4.39 Å². The van der Waals surface area contributed by atoms with Crippen LogP contribution < -0.4 is 0 Å².